The van der Waals surface area contributed by atoms with Crippen molar-refractivity contribution in [2.45, 2.75) is 78.0 Å². The molecule has 2 aromatic heterocycles. The highest BCUT2D eigenvalue weighted by atomic mass is 16.6. The molecule has 0 bridgehead atoms. The summed E-state index contributed by atoms with van der Waals surface area (Å²) in [5.74, 6) is 0.341. The van der Waals surface area contributed by atoms with Gasteiger partial charge in [-0.3, -0.25) is 5.41 Å². The number of piperidine rings is 1. The van der Waals surface area contributed by atoms with Crippen molar-refractivity contribution in [2.24, 2.45) is 11.1 Å². The molecule has 0 aromatic carbocycles. The first-order valence-electron chi connectivity index (χ1n) is 13.2. The van der Waals surface area contributed by atoms with E-state index in [4.69, 9.17) is 19.7 Å². The largest absolute Gasteiger partial charge is 0.444 e. The maximum Gasteiger partial charge on any atom is 0.410 e. The molecule has 0 radical (unpaired) electrons. The Morgan fingerprint density at radius 3 is 2.65 bits per heavy atom. The van der Waals surface area contributed by atoms with Gasteiger partial charge >= 0.3 is 6.09 Å². The van der Waals surface area contributed by atoms with Gasteiger partial charge in [0, 0.05) is 51.3 Å². The van der Waals surface area contributed by atoms with Crippen LogP contribution in [0.15, 0.2) is 17.5 Å². The first kappa shape index (κ1) is 26.8. The summed E-state index contributed by atoms with van der Waals surface area (Å²) in [6.45, 7) is 11.1. The minimum Gasteiger partial charge on any atom is -0.444 e. The minimum absolute atomic E-state index is 0.0656. The monoisotopic (exact) mass is 513 g/mol. The summed E-state index contributed by atoms with van der Waals surface area (Å²) in [6.07, 6.45) is 9.18. The van der Waals surface area contributed by atoms with E-state index >= 15 is 0 Å². The fourth-order valence-corrected chi connectivity index (χ4v) is 4.64. The first-order chi connectivity index (χ1) is 17.7. The molecule has 0 unspecified atom stereocenters. The lowest BCUT2D eigenvalue weighted by atomic mass is 9.94. The fraction of sp³-hybridized carbons (Fsp3) is 0.654. The van der Waals surface area contributed by atoms with E-state index in [1.54, 1.807) is 23.5 Å². The Kier molecular flexibility index (Phi) is 8.63. The third kappa shape index (κ3) is 6.97. The van der Waals surface area contributed by atoms with E-state index < -0.39 is 5.60 Å². The first-order valence-corrected chi connectivity index (χ1v) is 13.2. The van der Waals surface area contributed by atoms with Gasteiger partial charge in [-0.2, -0.15) is 5.10 Å². The number of amides is 1. The topological polar surface area (TPSA) is 127 Å². The number of ether oxygens (including phenoxy) is 2. The molecule has 2 fully saturated rings. The van der Waals surface area contributed by atoms with E-state index in [9.17, 15) is 4.79 Å². The Morgan fingerprint density at radius 1 is 1.24 bits per heavy atom. The number of carbonyl (C=O) groups is 1. The number of anilines is 1. The average molecular weight is 514 g/mol. The van der Waals surface area contributed by atoms with Crippen LogP contribution in [0.2, 0.25) is 0 Å². The highest BCUT2D eigenvalue weighted by Crippen LogP contribution is 2.29. The van der Waals surface area contributed by atoms with Gasteiger partial charge < -0.3 is 24.5 Å². The van der Waals surface area contributed by atoms with Crippen LogP contribution < -0.4 is 5.32 Å². The molecule has 11 heteroatoms. The Bertz CT molecular complexity index is 1110. The molecule has 0 atom stereocenters. The van der Waals surface area contributed by atoms with Gasteiger partial charge in [0.05, 0.1) is 22.8 Å². The highest BCUT2D eigenvalue weighted by Gasteiger charge is 2.26. The molecule has 4 heterocycles. The normalized spacial score (nSPS) is 17.9. The molecule has 2 N–H and O–H groups in total. The summed E-state index contributed by atoms with van der Waals surface area (Å²) < 4.78 is 12.8. The van der Waals surface area contributed by atoms with E-state index in [2.05, 4.69) is 20.6 Å². The number of hydrogen-bond acceptors (Lipinski definition) is 9. The standard InChI is InChI=1S/C26H39N7O4/c1-5-33-24-21(17-29-33)22(31-19-9-14-35-15-10-19)20(16-28-24)23(27)37-30-11-6-18-7-12-32(13-8-18)25(34)36-26(2,3)4/h11,16-19,27H,5-10,12-15H2,1-4H3,(H,28,31)/b27-23?,30-11+. The number of aromatic nitrogens is 3. The van der Waals surface area contributed by atoms with Crippen molar-refractivity contribution in [3.63, 3.8) is 0 Å². The van der Waals surface area contributed by atoms with Crippen LogP contribution in [0.25, 0.3) is 11.0 Å². The predicted octanol–water partition coefficient (Wildman–Crippen LogP) is 4.41. The Labute approximate surface area is 218 Å². The molecular formula is C26H39N7O4. The van der Waals surface area contributed by atoms with Crippen LogP contribution >= 0.6 is 0 Å². The van der Waals surface area contributed by atoms with Gasteiger partial charge in [0.25, 0.3) is 5.90 Å². The number of carbonyl (C=O) groups excluding carboxylic acids is 1. The van der Waals surface area contributed by atoms with E-state index in [1.165, 1.54) is 0 Å². The summed E-state index contributed by atoms with van der Waals surface area (Å²) in [7, 11) is 0. The van der Waals surface area contributed by atoms with Gasteiger partial charge in [-0.05, 0) is 65.7 Å². The summed E-state index contributed by atoms with van der Waals surface area (Å²) in [5.41, 5.74) is 1.64. The van der Waals surface area contributed by atoms with Crippen LogP contribution in [-0.4, -0.2) is 75.8 Å². The molecule has 2 aliphatic rings. The molecule has 37 heavy (non-hydrogen) atoms. The number of nitrogens with zero attached hydrogens (tertiary/aromatic N) is 5. The second kappa shape index (κ2) is 11.9. The molecule has 0 spiro atoms. The van der Waals surface area contributed by atoms with E-state index in [0.29, 0.717) is 44.3 Å². The Morgan fingerprint density at radius 2 is 1.97 bits per heavy atom. The average Bonchev–Trinajstić information content (AvgIpc) is 3.30. The quantitative estimate of drug-likeness (QED) is 0.319. The second-order valence-corrected chi connectivity index (χ2v) is 10.6. The van der Waals surface area contributed by atoms with Crippen LogP contribution in [0, 0.1) is 11.3 Å². The maximum atomic E-state index is 12.3. The molecule has 0 aliphatic carbocycles. The minimum atomic E-state index is -0.487. The number of fused-ring (bicyclic) bond motifs is 1. The number of nitrogens with one attached hydrogen (secondary N) is 2. The lowest BCUT2D eigenvalue weighted by Crippen LogP contribution is -2.41. The number of hydrogen-bond donors (Lipinski definition) is 2. The van der Waals surface area contributed by atoms with E-state index in [0.717, 1.165) is 48.8 Å². The summed E-state index contributed by atoms with van der Waals surface area (Å²) in [5, 5.41) is 21.5. The number of rotatable bonds is 7. The van der Waals surface area contributed by atoms with Crippen molar-refractivity contribution < 1.29 is 19.1 Å². The van der Waals surface area contributed by atoms with Crippen molar-refractivity contribution in [1.29, 1.82) is 5.41 Å². The SMILES string of the molecule is CCn1ncc2c(NC3CCOCC3)c(C(=N)O/N=C/CC3CCN(C(=O)OC(C)(C)C)CC3)cnc21. The van der Waals surface area contributed by atoms with E-state index in [1.807, 2.05) is 32.4 Å². The molecule has 2 aromatic rings. The number of aryl methyl sites for hydroxylation is 1. The zero-order valence-electron chi connectivity index (χ0n) is 22.3. The van der Waals surface area contributed by atoms with Crippen LogP contribution in [-0.2, 0) is 20.9 Å². The van der Waals surface area contributed by atoms with E-state index in [-0.39, 0.29) is 18.0 Å². The smallest absolute Gasteiger partial charge is 0.410 e. The van der Waals surface area contributed by atoms with Gasteiger partial charge in [0.15, 0.2) is 5.65 Å². The fourth-order valence-electron chi connectivity index (χ4n) is 4.64. The van der Waals surface area contributed by atoms with Crippen LogP contribution in [0.5, 0.6) is 0 Å². The van der Waals surface area contributed by atoms with Crippen LogP contribution in [0.3, 0.4) is 0 Å². The van der Waals surface area contributed by atoms with Gasteiger partial charge in [-0.1, -0.05) is 5.16 Å². The summed E-state index contributed by atoms with van der Waals surface area (Å²) in [4.78, 5) is 24.1. The summed E-state index contributed by atoms with van der Waals surface area (Å²) >= 11 is 0. The summed E-state index contributed by atoms with van der Waals surface area (Å²) in [6, 6.07) is 0.242. The number of likely N-dealkylation sites (tertiary alicyclic amines) is 1. The number of oxime groups is 1. The van der Waals surface area contributed by atoms with Crippen molar-refractivity contribution >= 4 is 34.9 Å². The van der Waals surface area contributed by atoms with Crippen molar-refractivity contribution in [3.8, 4) is 0 Å². The van der Waals surface area contributed by atoms with Gasteiger partial charge in [0.2, 0.25) is 0 Å². The molecule has 2 aliphatic heterocycles. The van der Waals surface area contributed by atoms with Gasteiger partial charge in [-0.15, -0.1) is 0 Å². The van der Waals surface area contributed by atoms with Crippen molar-refractivity contribution in [1.82, 2.24) is 19.7 Å². The molecule has 1 amide bonds. The third-order valence-corrected chi connectivity index (χ3v) is 6.70. The highest BCUT2D eigenvalue weighted by molar-refractivity contribution is 6.05. The number of pyridine rings is 1. The van der Waals surface area contributed by atoms with Crippen molar-refractivity contribution in [3.05, 3.63) is 18.0 Å². The zero-order chi connectivity index (χ0) is 26.4. The van der Waals surface area contributed by atoms with Crippen LogP contribution in [0.1, 0.15) is 65.4 Å². The Hall–Kier alpha value is -3.21. The molecule has 2 saturated heterocycles. The Balaban J connectivity index is 1.35. The lowest BCUT2D eigenvalue weighted by molar-refractivity contribution is 0.0186. The lowest BCUT2D eigenvalue weighted by Gasteiger charge is -2.33. The molecule has 0 saturated carbocycles. The zero-order valence-corrected chi connectivity index (χ0v) is 22.3. The second-order valence-electron chi connectivity index (χ2n) is 10.6. The molecule has 4 rings (SSSR count). The van der Waals surface area contributed by atoms with Crippen molar-refractivity contribution in [2.75, 3.05) is 31.6 Å². The predicted molar refractivity (Wildman–Crippen MR) is 142 cm³/mol. The van der Waals surface area contributed by atoms with Gasteiger partial charge in [0.1, 0.15) is 5.60 Å². The molecule has 11 nitrogen and oxygen atoms in total. The molecule has 202 valence electrons. The van der Waals surface area contributed by atoms with Gasteiger partial charge in [-0.25, -0.2) is 14.5 Å². The maximum absolute atomic E-state index is 12.3. The van der Waals surface area contributed by atoms with Crippen LogP contribution in [0.4, 0.5) is 10.5 Å². The molecular weight excluding hydrogens is 474 g/mol. The third-order valence-electron chi connectivity index (χ3n) is 6.70.